The summed E-state index contributed by atoms with van der Waals surface area (Å²) in [6.07, 6.45) is 6.75. The molecule has 1 aliphatic heterocycles. The summed E-state index contributed by atoms with van der Waals surface area (Å²) in [4.78, 5) is 13.7. The first kappa shape index (κ1) is 19.5. The Balaban J connectivity index is 1.72. The number of nitrogens with zero attached hydrogens (tertiary/aromatic N) is 5. The molecular formula is C22H26N6S. The molecule has 29 heavy (non-hydrogen) atoms. The lowest BCUT2D eigenvalue weighted by Crippen LogP contribution is -2.33. The van der Waals surface area contributed by atoms with Gasteiger partial charge in [0.05, 0.1) is 17.8 Å². The monoisotopic (exact) mass is 406 g/mol. The Kier molecular flexibility index (Phi) is 5.87. The number of nitrogens with one attached hydrogen (secondary N) is 1. The average molecular weight is 407 g/mol. The Morgan fingerprint density at radius 2 is 1.83 bits per heavy atom. The number of hydrogen-bond donors (Lipinski definition) is 1. The third kappa shape index (κ3) is 4.16. The number of hydrogen-bond acceptors (Lipinski definition) is 4. The molecule has 4 heterocycles. The van der Waals surface area contributed by atoms with Crippen molar-refractivity contribution in [1.29, 1.82) is 0 Å². The maximum Gasteiger partial charge on any atom is 0.170 e. The highest BCUT2D eigenvalue weighted by Crippen LogP contribution is 2.39. The normalized spacial score (nSPS) is 19.0. The van der Waals surface area contributed by atoms with E-state index in [-0.39, 0.29) is 12.1 Å². The van der Waals surface area contributed by atoms with Crippen LogP contribution < -0.4 is 5.32 Å². The van der Waals surface area contributed by atoms with Crippen molar-refractivity contribution in [2.75, 3.05) is 27.2 Å². The molecule has 3 aromatic heterocycles. The van der Waals surface area contributed by atoms with Gasteiger partial charge in [0.15, 0.2) is 5.11 Å². The zero-order valence-electron chi connectivity index (χ0n) is 16.8. The van der Waals surface area contributed by atoms with E-state index in [0.717, 1.165) is 41.8 Å². The fraction of sp³-hybridized carbons (Fsp3) is 0.318. The van der Waals surface area contributed by atoms with Crippen molar-refractivity contribution in [3.8, 4) is 5.82 Å². The smallest absolute Gasteiger partial charge is 0.170 e. The lowest BCUT2D eigenvalue weighted by Gasteiger charge is -2.29. The van der Waals surface area contributed by atoms with Crippen LogP contribution in [0, 0.1) is 0 Å². The van der Waals surface area contributed by atoms with Crippen LogP contribution in [-0.4, -0.2) is 56.6 Å². The van der Waals surface area contributed by atoms with Gasteiger partial charge in [-0.3, -0.25) is 4.98 Å². The van der Waals surface area contributed by atoms with E-state index in [0.29, 0.717) is 0 Å². The van der Waals surface area contributed by atoms with Crippen LogP contribution in [0.1, 0.15) is 29.9 Å². The van der Waals surface area contributed by atoms with Gasteiger partial charge in [-0.05, 0) is 75.7 Å². The molecule has 1 N–H and O–H groups in total. The molecule has 6 nitrogen and oxygen atoms in total. The molecule has 1 fully saturated rings. The first-order valence-electron chi connectivity index (χ1n) is 9.86. The molecule has 0 spiro atoms. The quantitative estimate of drug-likeness (QED) is 0.608. The van der Waals surface area contributed by atoms with Crippen LogP contribution in [0.25, 0.3) is 5.82 Å². The van der Waals surface area contributed by atoms with Gasteiger partial charge >= 0.3 is 0 Å². The van der Waals surface area contributed by atoms with Gasteiger partial charge < -0.3 is 19.7 Å². The predicted molar refractivity (Wildman–Crippen MR) is 119 cm³/mol. The third-order valence-electron chi connectivity index (χ3n) is 5.18. The fourth-order valence-electron chi connectivity index (χ4n) is 3.87. The molecule has 150 valence electrons. The van der Waals surface area contributed by atoms with Gasteiger partial charge in [0.2, 0.25) is 0 Å². The van der Waals surface area contributed by atoms with E-state index in [2.05, 4.69) is 68.1 Å². The van der Waals surface area contributed by atoms with Crippen LogP contribution >= 0.6 is 12.2 Å². The van der Waals surface area contributed by atoms with Crippen molar-refractivity contribution < 1.29 is 0 Å². The second kappa shape index (κ2) is 8.71. The van der Waals surface area contributed by atoms with Crippen LogP contribution in [0.5, 0.6) is 0 Å². The van der Waals surface area contributed by atoms with Crippen LogP contribution in [-0.2, 0) is 0 Å². The zero-order valence-corrected chi connectivity index (χ0v) is 17.6. The van der Waals surface area contributed by atoms with Crippen molar-refractivity contribution in [3.63, 3.8) is 0 Å². The lowest BCUT2D eigenvalue weighted by molar-refractivity contribution is 0.286. The van der Waals surface area contributed by atoms with E-state index in [4.69, 9.17) is 12.2 Å². The summed E-state index contributed by atoms with van der Waals surface area (Å²) in [5, 5.41) is 4.30. The number of aromatic nitrogens is 3. The highest BCUT2D eigenvalue weighted by molar-refractivity contribution is 7.80. The van der Waals surface area contributed by atoms with Gasteiger partial charge in [-0.15, -0.1) is 0 Å². The van der Waals surface area contributed by atoms with Gasteiger partial charge in [-0.1, -0.05) is 12.1 Å². The summed E-state index contributed by atoms with van der Waals surface area (Å²) in [6.45, 7) is 1.90. The molecule has 4 rings (SSSR count). The summed E-state index contributed by atoms with van der Waals surface area (Å²) < 4.78 is 2.15. The second-order valence-electron chi connectivity index (χ2n) is 7.47. The Labute approximate surface area is 177 Å². The third-order valence-corrected chi connectivity index (χ3v) is 5.53. The number of rotatable bonds is 7. The molecule has 0 saturated carbocycles. The standard InChI is InChI=1S/C22H26N6S/c1-26(2)14-8-16-28-21(20(25-22(28)29)17-9-3-5-12-23-17)18-10-7-15-27(18)19-11-4-6-13-24-19/h3-7,9-13,15,20-21H,8,14,16H2,1-2H3,(H,25,29)/t20-,21+/m0/s1. The largest absolute Gasteiger partial charge is 0.352 e. The fourth-order valence-corrected chi connectivity index (χ4v) is 4.20. The Morgan fingerprint density at radius 3 is 2.52 bits per heavy atom. The zero-order chi connectivity index (χ0) is 20.2. The van der Waals surface area contributed by atoms with E-state index >= 15 is 0 Å². The van der Waals surface area contributed by atoms with E-state index in [1.54, 1.807) is 0 Å². The molecule has 7 heteroatoms. The van der Waals surface area contributed by atoms with Crippen LogP contribution in [0.2, 0.25) is 0 Å². The molecule has 1 aliphatic rings. The molecule has 0 radical (unpaired) electrons. The minimum Gasteiger partial charge on any atom is -0.352 e. The van der Waals surface area contributed by atoms with Crippen LogP contribution in [0.15, 0.2) is 67.1 Å². The van der Waals surface area contributed by atoms with E-state index in [1.165, 1.54) is 0 Å². The second-order valence-corrected chi connectivity index (χ2v) is 7.85. The van der Waals surface area contributed by atoms with E-state index in [9.17, 15) is 0 Å². The lowest BCUT2D eigenvalue weighted by atomic mass is 10.0. The predicted octanol–water partition coefficient (Wildman–Crippen LogP) is 3.19. The molecule has 0 aliphatic carbocycles. The van der Waals surface area contributed by atoms with E-state index < -0.39 is 0 Å². The van der Waals surface area contributed by atoms with Crippen molar-refractivity contribution in [1.82, 2.24) is 29.7 Å². The van der Waals surface area contributed by atoms with Crippen molar-refractivity contribution >= 4 is 17.3 Å². The Morgan fingerprint density at radius 1 is 1.03 bits per heavy atom. The molecule has 3 aromatic rings. The average Bonchev–Trinajstić information content (AvgIpc) is 3.34. The van der Waals surface area contributed by atoms with Gasteiger partial charge in [-0.2, -0.15) is 0 Å². The Hall–Kier alpha value is -2.77. The summed E-state index contributed by atoms with van der Waals surface area (Å²) in [7, 11) is 4.20. The van der Waals surface area contributed by atoms with Crippen LogP contribution in [0.4, 0.5) is 0 Å². The summed E-state index contributed by atoms with van der Waals surface area (Å²) in [5.41, 5.74) is 2.14. The number of pyridine rings is 2. The van der Waals surface area contributed by atoms with Crippen molar-refractivity contribution in [2.45, 2.75) is 18.5 Å². The Bertz CT molecular complexity index is 940. The maximum atomic E-state index is 5.76. The molecule has 2 atom stereocenters. The number of thiocarbonyl (C=S) groups is 1. The van der Waals surface area contributed by atoms with Gasteiger partial charge in [-0.25, -0.2) is 4.98 Å². The first-order chi connectivity index (χ1) is 14.1. The van der Waals surface area contributed by atoms with Crippen molar-refractivity contribution in [3.05, 3.63) is 78.5 Å². The summed E-state index contributed by atoms with van der Waals surface area (Å²) >= 11 is 5.76. The molecular weight excluding hydrogens is 380 g/mol. The molecule has 0 amide bonds. The van der Waals surface area contributed by atoms with E-state index in [1.807, 2.05) is 42.7 Å². The van der Waals surface area contributed by atoms with Crippen LogP contribution in [0.3, 0.4) is 0 Å². The minimum absolute atomic E-state index is 0.0135. The minimum atomic E-state index is -0.0135. The van der Waals surface area contributed by atoms with Crippen molar-refractivity contribution in [2.24, 2.45) is 0 Å². The highest BCUT2D eigenvalue weighted by Gasteiger charge is 2.41. The first-order valence-corrected chi connectivity index (χ1v) is 10.3. The highest BCUT2D eigenvalue weighted by atomic mass is 32.1. The summed E-state index contributed by atoms with van der Waals surface area (Å²) in [5.74, 6) is 0.901. The van der Waals surface area contributed by atoms with Gasteiger partial charge in [0, 0.05) is 30.8 Å². The molecule has 1 saturated heterocycles. The molecule has 0 bridgehead atoms. The molecule has 0 unspecified atom stereocenters. The molecule has 0 aromatic carbocycles. The summed E-state index contributed by atoms with van der Waals surface area (Å²) in [6, 6.07) is 16.2. The van der Waals surface area contributed by atoms with Gasteiger partial charge in [0.1, 0.15) is 5.82 Å². The van der Waals surface area contributed by atoms with Gasteiger partial charge in [0.25, 0.3) is 0 Å². The maximum absolute atomic E-state index is 5.76. The topological polar surface area (TPSA) is 49.2 Å². The SMILES string of the molecule is CN(C)CCCN1C(=S)N[C@@H](c2ccccn2)[C@H]1c1cccn1-c1ccccn1.